The topological polar surface area (TPSA) is 47.1 Å². The average molecular weight is 242 g/mol. The van der Waals surface area contributed by atoms with Crippen LogP contribution in [0, 0.1) is 0 Å². The SMILES string of the molecule is Cn1cc(-c2cc(N3CCCC3)ccc2N)cn1. The van der Waals surface area contributed by atoms with Gasteiger partial charge in [-0.3, -0.25) is 4.68 Å². The maximum atomic E-state index is 6.07. The fraction of sp³-hybridized carbons (Fsp3) is 0.357. The second-order valence-electron chi connectivity index (χ2n) is 4.87. The van der Waals surface area contributed by atoms with E-state index in [1.165, 1.54) is 18.5 Å². The average Bonchev–Trinajstić information content (AvgIpc) is 3.01. The molecule has 4 nitrogen and oxygen atoms in total. The van der Waals surface area contributed by atoms with Crippen LogP contribution in [0.25, 0.3) is 11.1 Å². The summed E-state index contributed by atoms with van der Waals surface area (Å²) in [5.74, 6) is 0. The molecule has 2 heterocycles. The van der Waals surface area contributed by atoms with Crippen LogP contribution in [-0.4, -0.2) is 22.9 Å². The summed E-state index contributed by atoms with van der Waals surface area (Å²) in [4.78, 5) is 2.42. The molecular weight excluding hydrogens is 224 g/mol. The lowest BCUT2D eigenvalue weighted by molar-refractivity contribution is 0.768. The molecule has 0 unspecified atom stereocenters. The highest BCUT2D eigenvalue weighted by atomic mass is 15.2. The molecule has 0 spiro atoms. The Bertz CT molecular complexity index is 553. The van der Waals surface area contributed by atoms with E-state index < -0.39 is 0 Å². The Morgan fingerprint density at radius 1 is 1.22 bits per heavy atom. The Balaban J connectivity index is 2.00. The van der Waals surface area contributed by atoms with Gasteiger partial charge in [-0.2, -0.15) is 5.10 Å². The molecule has 1 fully saturated rings. The highest BCUT2D eigenvalue weighted by Gasteiger charge is 2.14. The first-order chi connectivity index (χ1) is 8.74. The lowest BCUT2D eigenvalue weighted by atomic mass is 10.1. The molecule has 1 aliphatic heterocycles. The fourth-order valence-corrected chi connectivity index (χ4v) is 2.53. The summed E-state index contributed by atoms with van der Waals surface area (Å²) in [6.45, 7) is 2.30. The van der Waals surface area contributed by atoms with Crippen molar-refractivity contribution in [3.05, 3.63) is 30.6 Å². The summed E-state index contributed by atoms with van der Waals surface area (Å²) in [5.41, 5.74) is 10.3. The number of nitrogen functional groups attached to an aromatic ring is 1. The zero-order chi connectivity index (χ0) is 12.5. The number of aromatic nitrogens is 2. The number of nitrogens with zero attached hydrogens (tertiary/aromatic N) is 3. The zero-order valence-corrected chi connectivity index (χ0v) is 10.6. The Kier molecular flexibility index (Phi) is 2.70. The highest BCUT2D eigenvalue weighted by molar-refractivity contribution is 5.79. The van der Waals surface area contributed by atoms with E-state index >= 15 is 0 Å². The van der Waals surface area contributed by atoms with Crippen molar-refractivity contribution in [1.29, 1.82) is 0 Å². The summed E-state index contributed by atoms with van der Waals surface area (Å²) < 4.78 is 1.80. The van der Waals surface area contributed by atoms with Crippen molar-refractivity contribution in [2.24, 2.45) is 7.05 Å². The highest BCUT2D eigenvalue weighted by Crippen LogP contribution is 2.31. The molecule has 1 aromatic carbocycles. The van der Waals surface area contributed by atoms with E-state index in [9.17, 15) is 0 Å². The Morgan fingerprint density at radius 2 is 2.00 bits per heavy atom. The van der Waals surface area contributed by atoms with Crippen LogP contribution in [0.15, 0.2) is 30.6 Å². The van der Waals surface area contributed by atoms with Gasteiger partial charge < -0.3 is 10.6 Å². The molecule has 0 amide bonds. The third-order valence-corrected chi connectivity index (χ3v) is 3.52. The van der Waals surface area contributed by atoms with Gasteiger partial charge in [-0.15, -0.1) is 0 Å². The maximum absolute atomic E-state index is 6.07. The van der Waals surface area contributed by atoms with Crippen molar-refractivity contribution >= 4 is 11.4 Å². The molecule has 2 N–H and O–H groups in total. The lowest BCUT2D eigenvalue weighted by Crippen LogP contribution is -2.17. The van der Waals surface area contributed by atoms with Crippen molar-refractivity contribution in [1.82, 2.24) is 9.78 Å². The number of nitrogens with two attached hydrogens (primary N) is 1. The largest absolute Gasteiger partial charge is 0.398 e. The van der Waals surface area contributed by atoms with Gasteiger partial charge in [-0.25, -0.2) is 0 Å². The fourth-order valence-electron chi connectivity index (χ4n) is 2.53. The monoisotopic (exact) mass is 242 g/mol. The van der Waals surface area contributed by atoms with E-state index in [1.807, 2.05) is 25.5 Å². The van der Waals surface area contributed by atoms with Crippen LogP contribution in [0.3, 0.4) is 0 Å². The van der Waals surface area contributed by atoms with E-state index in [-0.39, 0.29) is 0 Å². The summed E-state index contributed by atoms with van der Waals surface area (Å²) in [5, 5.41) is 4.21. The van der Waals surface area contributed by atoms with Crippen LogP contribution in [0.1, 0.15) is 12.8 Å². The van der Waals surface area contributed by atoms with Crippen molar-refractivity contribution in [3.63, 3.8) is 0 Å². The van der Waals surface area contributed by atoms with Gasteiger partial charge in [-0.1, -0.05) is 0 Å². The number of hydrogen-bond donors (Lipinski definition) is 1. The molecule has 4 heteroatoms. The normalized spacial score (nSPS) is 15.3. The summed E-state index contributed by atoms with van der Waals surface area (Å²) >= 11 is 0. The Hall–Kier alpha value is -1.97. The van der Waals surface area contributed by atoms with Gasteiger partial charge >= 0.3 is 0 Å². The van der Waals surface area contributed by atoms with Crippen LogP contribution < -0.4 is 10.6 Å². The predicted octanol–water partition coefficient (Wildman–Crippen LogP) is 2.27. The van der Waals surface area contributed by atoms with E-state index in [0.717, 1.165) is 29.9 Å². The van der Waals surface area contributed by atoms with E-state index in [4.69, 9.17) is 5.73 Å². The van der Waals surface area contributed by atoms with Gasteiger partial charge in [0.15, 0.2) is 0 Å². The zero-order valence-electron chi connectivity index (χ0n) is 10.6. The quantitative estimate of drug-likeness (QED) is 0.822. The molecule has 3 rings (SSSR count). The van der Waals surface area contributed by atoms with Crippen molar-refractivity contribution in [3.8, 4) is 11.1 Å². The number of anilines is 2. The Morgan fingerprint density at radius 3 is 2.67 bits per heavy atom. The standard InChI is InChI=1S/C14H18N4/c1-17-10-11(9-16-17)13-8-12(4-5-14(13)15)18-6-2-3-7-18/h4-5,8-10H,2-3,6-7,15H2,1H3. The number of benzene rings is 1. The van der Waals surface area contributed by atoms with Crippen LogP contribution in [0.5, 0.6) is 0 Å². The lowest BCUT2D eigenvalue weighted by Gasteiger charge is -2.19. The van der Waals surface area contributed by atoms with Crippen molar-refractivity contribution in [2.45, 2.75) is 12.8 Å². The maximum Gasteiger partial charge on any atom is 0.0568 e. The van der Waals surface area contributed by atoms with E-state index in [1.54, 1.807) is 4.68 Å². The molecule has 2 aromatic rings. The molecule has 94 valence electrons. The third kappa shape index (κ3) is 1.94. The molecular formula is C14H18N4. The van der Waals surface area contributed by atoms with E-state index in [0.29, 0.717) is 0 Å². The van der Waals surface area contributed by atoms with Crippen LogP contribution in [0.2, 0.25) is 0 Å². The first-order valence-corrected chi connectivity index (χ1v) is 6.37. The molecule has 0 aliphatic carbocycles. The minimum atomic E-state index is 0.811. The minimum absolute atomic E-state index is 0.811. The van der Waals surface area contributed by atoms with Gasteiger partial charge in [0.1, 0.15) is 0 Å². The smallest absolute Gasteiger partial charge is 0.0568 e. The van der Waals surface area contributed by atoms with Gasteiger partial charge in [0.05, 0.1) is 6.20 Å². The molecule has 0 radical (unpaired) electrons. The minimum Gasteiger partial charge on any atom is -0.398 e. The second-order valence-corrected chi connectivity index (χ2v) is 4.87. The predicted molar refractivity (Wildman–Crippen MR) is 74.5 cm³/mol. The number of aryl methyl sites for hydroxylation is 1. The summed E-state index contributed by atoms with van der Waals surface area (Å²) in [6.07, 6.45) is 6.43. The van der Waals surface area contributed by atoms with Gasteiger partial charge in [0, 0.05) is 48.8 Å². The third-order valence-electron chi connectivity index (χ3n) is 3.52. The molecule has 1 aliphatic rings. The van der Waals surface area contributed by atoms with Crippen LogP contribution in [-0.2, 0) is 7.05 Å². The van der Waals surface area contributed by atoms with Crippen molar-refractivity contribution < 1.29 is 0 Å². The van der Waals surface area contributed by atoms with Gasteiger partial charge in [-0.05, 0) is 31.0 Å². The number of hydrogen-bond acceptors (Lipinski definition) is 3. The molecule has 0 saturated carbocycles. The second kappa shape index (κ2) is 4.37. The van der Waals surface area contributed by atoms with E-state index in [2.05, 4.69) is 22.1 Å². The van der Waals surface area contributed by atoms with Gasteiger partial charge in [0.25, 0.3) is 0 Å². The summed E-state index contributed by atoms with van der Waals surface area (Å²) in [6, 6.07) is 6.29. The van der Waals surface area contributed by atoms with Crippen LogP contribution in [0.4, 0.5) is 11.4 Å². The Labute approximate surface area is 107 Å². The molecule has 0 atom stereocenters. The molecule has 18 heavy (non-hydrogen) atoms. The number of rotatable bonds is 2. The first-order valence-electron chi connectivity index (χ1n) is 6.37. The molecule has 1 saturated heterocycles. The molecule has 1 aromatic heterocycles. The molecule has 0 bridgehead atoms. The summed E-state index contributed by atoms with van der Waals surface area (Å²) in [7, 11) is 1.92. The van der Waals surface area contributed by atoms with Crippen LogP contribution >= 0.6 is 0 Å². The first kappa shape index (κ1) is 11.1. The van der Waals surface area contributed by atoms with Gasteiger partial charge in [0.2, 0.25) is 0 Å². The van der Waals surface area contributed by atoms with Crippen molar-refractivity contribution in [2.75, 3.05) is 23.7 Å².